The van der Waals surface area contributed by atoms with E-state index in [-0.39, 0.29) is 0 Å². The second kappa shape index (κ2) is 7.25. The lowest BCUT2D eigenvalue weighted by Crippen LogP contribution is -2.38. The van der Waals surface area contributed by atoms with Crippen molar-refractivity contribution in [1.29, 1.82) is 0 Å². The Labute approximate surface area is 131 Å². The third kappa shape index (κ3) is 3.96. The summed E-state index contributed by atoms with van der Waals surface area (Å²) in [6.45, 7) is 2.91. The number of likely N-dealkylation sites (tertiary alicyclic amines) is 1. The number of fused-ring (bicyclic) bond motifs is 1. The summed E-state index contributed by atoms with van der Waals surface area (Å²) in [5, 5.41) is 1.24. The summed E-state index contributed by atoms with van der Waals surface area (Å²) in [5.74, 6) is 0.734. The van der Waals surface area contributed by atoms with Crippen molar-refractivity contribution in [3.8, 4) is 0 Å². The fraction of sp³-hybridized carbons (Fsp3) is 0.750. The van der Waals surface area contributed by atoms with E-state index in [0.717, 1.165) is 32.0 Å². The molecule has 0 aromatic carbocycles. The Morgan fingerprint density at radius 2 is 1.86 bits per heavy atom. The fourth-order valence-corrected chi connectivity index (χ4v) is 4.32. The van der Waals surface area contributed by atoms with Gasteiger partial charge in [0.1, 0.15) is 0 Å². The Bertz CT molecular complexity index is 463. The summed E-state index contributed by atoms with van der Waals surface area (Å²) in [6.07, 6.45) is 11.1. The Balaban J connectivity index is 1.52. The molecule has 0 bridgehead atoms. The number of rotatable bonds is 3. The van der Waals surface area contributed by atoms with Gasteiger partial charge in [-0.3, -0.25) is 4.99 Å². The molecule has 1 aliphatic heterocycles. The molecule has 0 saturated carbocycles. The van der Waals surface area contributed by atoms with Gasteiger partial charge in [-0.15, -0.1) is 11.3 Å². The first-order valence-electron chi connectivity index (χ1n) is 8.35. The lowest BCUT2D eigenvalue weighted by molar-refractivity contribution is 0.428. The maximum atomic E-state index is 6.14. The van der Waals surface area contributed by atoms with Gasteiger partial charge in [0.25, 0.3) is 0 Å². The molecule has 0 spiro atoms. The predicted molar refractivity (Wildman–Crippen MR) is 89.0 cm³/mol. The van der Waals surface area contributed by atoms with Crippen LogP contribution in [0.4, 0.5) is 0 Å². The van der Waals surface area contributed by atoms with Crippen LogP contribution in [0.15, 0.2) is 4.99 Å². The highest BCUT2D eigenvalue weighted by molar-refractivity contribution is 7.11. The molecule has 116 valence electrons. The molecule has 0 unspecified atom stereocenters. The minimum Gasteiger partial charge on any atom is -0.370 e. The lowest BCUT2D eigenvalue weighted by Gasteiger charge is -2.20. The van der Waals surface area contributed by atoms with Gasteiger partial charge in [0.2, 0.25) is 0 Å². The first-order valence-corrected chi connectivity index (χ1v) is 9.17. The van der Waals surface area contributed by atoms with Gasteiger partial charge < -0.3 is 10.6 Å². The lowest BCUT2D eigenvalue weighted by atomic mass is 10.0. The average Bonchev–Trinajstić information content (AvgIpc) is 2.71. The first-order chi connectivity index (χ1) is 10.3. The minimum atomic E-state index is 0.734. The van der Waals surface area contributed by atoms with Crippen LogP contribution in [0.3, 0.4) is 0 Å². The van der Waals surface area contributed by atoms with E-state index in [4.69, 9.17) is 10.7 Å². The Morgan fingerprint density at radius 3 is 2.62 bits per heavy atom. The minimum absolute atomic E-state index is 0.734. The van der Waals surface area contributed by atoms with E-state index in [1.54, 1.807) is 0 Å². The van der Waals surface area contributed by atoms with Crippen LogP contribution in [0.25, 0.3) is 0 Å². The zero-order chi connectivity index (χ0) is 14.5. The summed E-state index contributed by atoms with van der Waals surface area (Å²) in [7, 11) is 0. The van der Waals surface area contributed by atoms with Gasteiger partial charge in [-0.1, -0.05) is 12.8 Å². The number of aliphatic imine (C=N–C) groups is 1. The van der Waals surface area contributed by atoms with Gasteiger partial charge in [0.05, 0.1) is 10.7 Å². The molecule has 1 aromatic heterocycles. The second-order valence-corrected chi connectivity index (χ2v) is 7.24. The van der Waals surface area contributed by atoms with E-state index in [9.17, 15) is 0 Å². The molecule has 1 aromatic rings. The fourth-order valence-electron chi connectivity index (χ4n) is 3.18. The van der Waals surface area contributed by atoms with E-state index in [1.165, 1.54) is 66.9 Å². The summed E-state index contributed by atoms with van der Waals surface area (Å²) in [5.41, 5.74) is 7.49. The quantitative estimate of drug-likeness (QED) is 0.690. The largest absolute Gasteiger partial charge is 0.370 e. The van der Waals surface area contributed by atoms with Gasteiger partial charge in [-0.25, -0.2) is 4.98 Å². The maximum absolute atomic E-state index is 6.14. The Kier molecular flexibility index (Phi) is 5.12. The number of aryl methyl sites for hydroxylation is 2. The topological polar surface area (TPSA) is 54.5 Å². The first kappa shape index (κ1) is 14.8. The standard InChI is InChI=1S/C16H26N4S/c17-16(20-11-5-1-2-6-12-20)18-10-9-15-19-13-7-3-4-8-14(13)21-15/h1-12H2,(H2,17,18). The van der Waals surface area contributed by atoms with Gasteiger partial charge >= 0.3 is 0 Å². The van der Waals surface area contributed by atoms with Crippen LogP contribution in [0.1, 0.15) is 54.1 Å². The van der Waals surface area contributed by atoms with Gasteiger partial charge in [-0.05, 0) is 38.5 Å². The molecule has 2 aliphatic rings. The normalized spacial score (nSPS) is 20.2. The van der Waals surface area contributed by atoms with E-state index in [1.807, 2.05) is 11.3 Å². The predicted octanol–water partition coefficient (Wildman–Crippen LogP) is 2.76. The molecule has 21 heavy (non-hydrogen) atoms. The van der Waals surface area contributed by atoms with Crippen molar-refractivity contribution < 1.29 is 0 Å². The molecular formula is C16H26N4S. The van der Waals surface area contributed by atoms with Crippen LogP contribution < -0.4 is 5.73 Å². The van der Waals surface area contributed by atoms with Crippen LogP contribution >= 0.6 is 11.3 Å². The van der Waals surface area contributed by atoms with Crippen molar-refractivity contribution in [2.45, 2.75) is 57.8 Å². The SMILES string of the molecule is NC(=NCCc1nc2c(s1)CCCC2)N1CCCCCC1. The number of thiazole rings is 1. The van der Waals surface area contributed by atoms with Crippen LogP contribution in [-0.4, -0.2) is 35.5 Å². The van der Waals surface area contributed by atoms with Crippen molar-refractivity contribution in [2.75, 3.05) is 19.6 Å². The summed E-state index contributed by atoms with van der Waals surface area (Å²) in [4.78, 5) is 13.1. The van der Waals surface area contributed by atoms with E-state index in [0.29, 0.717) is 0 Å². The van der Waals surface area contributed by atoms with Crippen LogP contribution in [-0.2, 0) is 19.3 Å². The molecular weight excluding hydrogens is 280 g/mol. The second-order valence-electron chi connectivity index (χ2n) is 6.08. The third-order valence-electron chi connectivity index (χ3n) is 4.42. The number of aromatic nitrogens is 1. The molecule has 0 radical (unpaired) electrons. The zero-order valence-electron chi connectivity index (χ0n) is 12.8. The maximum Gasteiger partial charge on any atom is 0.191 e. The van der Waals surface area contributed by atoms with Crippen molar-refractivity contribution in [3.05, 3.63) is 15.6 Å². The van der Waals surface area contributed by atoms with Crippen molar-refractivity contribution >= 4 is 17.3 Å². The zero-order valence-corrected chi connectivity index (χ0v) is 13.6. The third-order valence-corrected chi connectivity index (χ3v) is 5.64. The number of nitrogens with two attached hydrogens (primary N) is 1. The van der Waals surface area contributed by atoms with E-state index < -0.39 is 0 Å². The van der Waals surface area contributed by atoms with Crippen LogP contribution in [0.2, 0.25) is 0 Å². The van der Waals surface area contributed by atoms with Gasteiger partial charge in [-0.2, -0.15) is 0 Å². The number of nitrogens with zero attached hydrogens (tertiary/aromatic N) is 3. The average molecular weight is 306 g/mol. The molecule has 1 aliphatic carbocycles. The van der Waals surface area contributed by atoms with Crippen molar-refractivity contribution in [3.63, 3.8) is 0 Å². The Hall–Kier alpha value is -1.10. The molecule has 1 fully saturated rings. The summed E-state index contributed by atoms with van der Waals surface area (Å²) in [6, 6.07) is 0. The van der Waals surface area contributed by atoms with Gasteiger partial charge in [0, 0.05) is 30.9 Å². The summed E-state index contributed by atoms with van der Waals surface area (Å²) < 4.78 is 0. The van der Waals surface area contributed by atoms with Crippen molar-refractivity contribution in [1.82, 2.24) is 9.88 Å². The number of guanidine groups is 1. The summed E-state index contributed by atoms with van der Waals surface area (Å²) >= 11 is 1.89. The van der Waals surface area contributed by atoms with Crippen LogP contribution in [0.5, 0.6) is 0 Å². The number of hydrogen-bond acceptors (Lipinski definition) is 3. The van der Waals surface area contributed by atoms with E-state index in [2.05, 4.69) is 9.89 Å². The van der Waals surface area contributed by atoms with E-state index >= 15 is 0 Å². The Morgan fingerprint density at radius 1 is 1.10 bits per heavy atom. The van der Waals surface area contributed by atoms with Crippen molar-refractivity contribution in [2.24, 2.45) is 10.7 Å². The molecule has 2 N–H and O–H groups in total. The molecule has 1 saturated heterocycles. The smallest absolute Gasteiger partial charge is 0.191 e. The highest BCUT2D eigenvalue weighted by atomic mass is 32.1. The highest BCUT2D eigenvalue weighted by Crippen LogP contribution is 2.26. The highest BCUT2D eigenvalue weighted by Gasteiger charge is 2.15. The molecule has 2 heterocycles. The molecule has 0 amide bonds. The number of hydrogen-bond donors (Lipinski definition) is 1. The monoisotopic (exact) mass is 306 g/mol. The van der Waals surface area contributed by atoms with Crippen LogP contribution in [0, 0.1) is 0 Å². The molecule has 4 nitrogen and oxygen atoms in total. The van der Waals surface area contributed by atoms with Gasteiger partial charge in [0.15, 0.2) is 5.96 Å². The molecule has 0 atom stereocenters. The molecule has 5 heteroatoms. The molecule has 3 rings (SSSR count).